The average molecular weight is 279 g/mol. The van der Waals surface area contributed by atoms with Gasteiger partial charge in [-0.2, -0.15) is 0 Å². The van der Waals surface area contributed by atoms with E-state index >= 15 is 0 Å². The zero-order valence-corrected chi connectivity index (χ0v) is 12.1. The zero-order chi connectivity index (χ0) is 14.6. The number of amides is 1. The number of thiocarbonyl (C=S) groups is 1. The third-order valence-electron chi connectivity index (χ3n) is 1.92. The lowest BCUT2D eigenvalue weighted by atomic mass is 10.1. The number of carbonyl (C=O) groups is 1. The molecule has 2 atom stereocenters. The number of hydrogen-bond donors (Lipinski definition) is 4. The number of rotatable bonds is 2. The lowest BCUT2D eigenvalue weighted by molar-refractivity contribution is -0.136. The summed E-state index contributed by atoms with van der Waals surface area (Å²) in [7, 11) is 0. The Morgan fingerprint density at radius 1 is 1.50 bits per heavy atom. The number of hydrogen-bond acceptors (Lipinski definition) is 4. The van der Waals surface area contributed by atoms with Gasteiger partial charge in [-0.1, -0.05) is 13.8 Å². The summed E-state index contributed by atoms with van der Waals surface area (Å²) in [5, 5.41) is 12.1. The summed E-state index contributed by atoms with van der Waals surface area (Å²) in [6.45, 7) is 7.18. The maximum Gasteiger partial charge on any atom is 0.246 e. The number of ether oxygens (including phenoxy) is 1. The maximum atomic E-state index is 10.5. The van der Waals surface area contributed by atoms with Gasteiger partial charge in [-0.25, -0.2) is 0 Å². The first-order valence-electron chi connectivity index (χ1n) is 6.09. The Labute approximate surface area is 114 Å². The van der Waals surface area contributed by atoms with Crippen LogP contribution in [0.3, 0.4) is 0 Å². The molecule has 1 aliphatic rings. The summed E-state index contributed by atoms with van der Waals surface area (Å²) in [5.41, 5.74) is 9.98. The van der Waals surface area contributed by atoms with Crippen LogP contribution in [0.25, 0.3) is 0 Å². The van der Waals surface area contributed by atoms with Gasteiger partial charge in [0.1, 0.15) is 6.10 Å². The summed E-state index contributed by atoms with van der Waals surface area (Å²) in [6, 6.07) is 0. The molecule has 0 aromatic carbocycles. The minimum Gasteiger partial charge on any atom is -0.393 e. The van der Waals surface area contributed by atoms with Crippen molar-refractivity contribution in [1.29, 1.82) is 0 Å². The molecule has 0 aliphatic carbocycles. The second-order valence-electron chi connectivity index (χ2n) is 3.33. The van der Waals surface area contributed by atoms with Crippen molar-refractivity contribution in [2.24, 2.45) is 11.5 Å². The van der Waals surface area contributed by atoms with E-state index in [1.165, 1.54) is 0 Å². The summed E-state index contributed by atoms with van der Waals surface area (Å²) < 4.78 is 4.98. The van der Waals surface area contributed by atoms with Crippen molar-refractivity contribution >= 4 is 23.2 Å². The van der Waals surface area contributed by atoms with Gasteiger partial charge in [-0.15, -0.1) is 0 Å². The Morgan fingerprint density at radius 2 is 2.06 bits per heavy atom. The van der Waals surface area contributed by atoms with Crippen LogP contribution in [0.1, 0.15) is 33.6 Å². The van der Waals surface area contributed by atoms with Gasteiger partial charge in [-0.05, 0) is 25.6 Å². The van der Waals surface area contributed by atoms with E-state index in [1.807, 2.05) is 20.8 Å². The van der Waals surface area contributed by atoms with Crippen molar-refractivity contribution in [2.45, 2.75) is 45.8 Å². The predicted molar refractivity (Wildman–Crippen MR) is 76.0 cm³/mol. The molecule has 1 aliphatic heterocycles. The highest BCUT2D eigenvalue weighted by atomic mass is 32.1. The first kappa shape index (κ1) is 19.4. The van der Waals surface area contributed by atoms with Crippen molar-refractivity contribution in [3.8, 4) is 0 Å². The van der Waals surface area contributed by atoms with Gasteiger partial charge in [0.2, 0.25) is 5.91 Å². The molecule has 0 spiro atoms. The molecule has 0 saturated carbocycles. The van der Waals surface area contributed by atoms with Crippen LogP contribution in [0.2, 0.25) is 0 Å². The molecule has 1 heterocycles. The lowest BCUT2D eigenvalue weighted by Gasteiger charge is -2.23. The number of carbonyl (C=O) groups excluding carboxylic acids is 1. The van der Waals surface area contributed by atoms with E-state index in [-0.39, 0.29) is 0 Å². The molecule has 0 aromatic heterocycles. The van der Waals surface area contributed by atoms with Gasteiger partial charge >= 0.3 is 0 Å². The lowest BCUT2D eigenvalue weighted by Crippen LogP contribution is -2.38. The maximum absolute atomic E-state index is 10.5. The van der Waals surface area contributed by atoms with E-state index < -0.39 is 18.1 Å². The molecule has 1 saturated heterocycles. The number of aliphatic hydroxyl groups is 1. The molecule has 0 radical (unpaired) electrons. The molecule has 2 unspecified atom stereocenters. The third kappa shape index (κ3) is 11.6. The average Bonchev–Trinajstić information content (AvgIpc) is 2.32. The van der Waals surface area contributed by atoms with Crippen LogP contribution in [0.15, 0.2) is 0 Å². The van der Waals surface area contributed by atoms with Crippen molar-refractivity contribution in [1.82, 2.24) is 5.32 Å². The Morgan fingerprint density at radius 3 is 2.28 bits per heavy atom. The second-order valence-corrected chi connectivity index (χ2v) is 3.77. The fourth-order valence-corrected chi connectivity index (χ4v) is 1.30. The molecule has 0 bridgehead atoms. The highest BCUT2D eigenvalue weighted by Gasteiger charge is 2.24. The minimum absolute atomic E-state index is 0.343. The van der Waals surface area contributed by atoms with E-state index in [1.54, 1.807) is 0 Å². The molecule has 18 heavy (non-hydrogen) atoms. The fraction of sp³-hybridized carbons (Fsp3) is 0.818. The smallest absolute Gasteiger partial charge is 0.246 e. The Kier molecular flexibility index (Phi) is 13.5. The molecule has 6 N–H and O–H groups in total. The van der Waals surface area contributed by atoms with E-state index in [2.05, 4.69) is 17.5 Å². The molecule has 7 heteroatoms. The molecule has 6 nitrogen and oxygen atoms in total. The van der Waals surface area contributed by atoms with Crippen LogP contribution >= 0.6 is 12.2 Å². The molecule has 1 rings (SSSR count). The number of aliphatic hydroxyl groups excluding tert-OH is 1. The van der Waals surface area contributed by atoms with Crippen LogP contribution in [0.4, 0.5) is 0 Å². The largest absolute Gasteiger partial charge is 0.393 e. The fourth-order valence-electron chi connectivity index (χ4n) is 1.15. The van der Waals surface area contributed by atoms with E-state index in [9.17, 15) is 4.79 Å². The summed E-state index contributed by atoms with van der Waals surface area (Å²) in [5.74, 6) is -0.487. The molecular weight excluding hydrogens is 254 g/mol. The van der Waals surface area contributed by atoms with E-state index in [0.29, 0.717) is 24.6 Å². The first-order chi connectivity index (χ1) is 8.47. The summed E-state index contributed by atoms with van der Waals surface area (Å²) in [4.78, 5) is 10.5. The highest BCUT2D eigenvalue weighted by Crippen LogP contribution is 2.12. The SMILES string of the molecule is CC.CCNC(N)=S.NC(=O)C1CC(O)CCO1. The van der Waals surface area contributed by atoms with Crippen LogP contribution in [0, 0.1) is 0 Å². The number of nitrogens with two attached hydrogens (primary N) is 2. The van der Waals surface area contributed by atoms with Crippen molar-refractivity contribution < 1.29 is 14.6 Å². The third-order valence-corrected chi connectivity index (χ3v) is 2.07. The summed E-state index contributed by atoms with van der Waals surface area (Å²) in [6.07, 6.45) is -0.0611. The first-order valence-corrected chi connectivity index (χ1v) is 6.50. The quantitative estimate of drug-likeness (QED) is 0.524. The standard InChI is InChI=1S/C6H11NO3.C3H8N2S.C2H6/c7-6(9)5-3-4(8)1-2-10-5;1-2-5-3(4)6;1-2/h4-5,8H,1-3H2,(H2,7,9);2H2,1H3,(H3,4,5,6);1-2H3. The van der Waals surface area contributed by atoms with Gasteiger partial charge in [0.05, 0.1) is 12.7 Å². The van der Waals surface area contributed by atoms with Crippen molar-refractivity contribution in [3.63, 3.8) is 0 Å². The highest BCUT2D eigenvalue weighted by molar-refractivity contribution is 7.80. The molecule has 1 fully saturated rings. The molecule has 1 amide bonds. The molecular formula is C11H25N3O3S. The Bertz CT molecular complexity index is 240. The van der Waals surface area contributed by atoms with E-state index in [0.717, 1.165) is 6.54 Å². The van der Waals surface area contributed by atoms with Gasteiger partial charge in [0, 0.05) is 13.0 Å². The van der Waals surface area contributed by atoms with Crippen LogP contribution in [-0.4, -0.2) is 41.5 Å². The van der Waals surface area contributed by atoms with Crippen LogP contribution in [0.5, 0.6) is 0 Å². The van der Waals surface area contributed by atoms with E-state index in [4.69, 9.17) is 21.3 Å². The predicted octanol–water partition coefficient (Wildman–Crippen LogP) is -0.123. The van der Waals surface area contributed by atoms with Gasteiger partial charge in [-0.3, -0.25) is 4.79 Å². The van der Waals surface area contributed by atoms with Crippen LogP contribution in [-0.2, 0) is 9.53 Å². The zero-order valence-electron chi connectivity index (χ0n) is 11.3. The molecule has 0 aromatic rings. The van der Waals surface area contributed by atoms with Gasteiger partial charge in [0.15, 0.2) is 5.11 Å². The van der Waals surface area contributed by atoms with Crippen LogP contribution < -0.4 is 16.8 Å². The number of primary amides is 1. The summed E-state index contributed by atoms with van der Waals surface area (Å²) >= 11 is 4.46. The Hall–Kier alpha value is -0.920. The Balaban J connectivity index is 0. The monoisotopic (exact) mass is 279 g/mol. The van der Waals surface area contributed by atoms with Crippen molar-refractivity contribution in [2.75, 3.05) is 13.2 Å². The minimum atomic E-state index is -0.580. The normalized spacial score (nSPS) is 21.6. The molecule has 108 valence electrons. The van der Waals surface area contributed by atoms with Crippen molar-refractivity contribution in [3.05, 3.63) is 0 Å². The number of nitrogens with one attached hydrogen (secondary N) is 1. The van der Waals surface area contributed by atoms with Gasteiger partial charge < -0.3 is 26.6 Å². The topological polar surface area (TPSA) is 111 Å². The van der Waals surface area contributed by atoms with Gasteiger partial charge in [0.25, 0.3) is 0 Å². The second kappa shape index (κ2) is 12.5.